The van der Waals surface area contributed by atoms with E-state index in [-0.39, 0.29) is 18.5 Å². The number of hydrogen-bond donors (Lipinski definition) is 2. The number of nitrogens with one attached hydrogen (secondary N) is 1. The van der Waals surface area contributed by atoms with E-state index in [1.54, 1.807) is 14.0 Å². The molecule has 0 saturated carbocycles. The highest BCUT2D eigenvalue weighted by atomic mass is 16.5. The van der Waals surface area contributed by atoms with E-state index in [0.717, 1.165) is 11.3 Å². The van der Waals surface area contributed by atoms with Gasteiger partial charge in [0.05, 0.1) is 19.8 Å². The topological polar surface area (TPSA) is 61.8 Å². The highest BCUT2D eigenvalue weighted by Crippen LogP contribution is 2.12. The molecule has 0 spiro atoms. The maximum absolute atomic E-state index is 12.0. The summed E-state index contributed by atoms with van der Waals surface area (Å²) in [7, 11) is 1.62. The van der Waals surface area contributed by atoms with Crippen LogP contribution in [0.15, 0.2) is 24.3 Å². The van der Waals surface area contributed by atoms with Gasteiger partial charge in [0.1, 0.15) is 5.75 Å². The molecule has 0 heterocycles. The highest BCUT2D eigenvalue weighted by Gasteiger charge is 2.15. The van der Waals surface area contributed by atoms with E-state index >= 15 is 0 Å². The van der Waals surface area contributed by atoms with Gasteiger partial charge in [0, 0.05) is 19.1 Å². The number of carbonyl (C=O) groups is 1. The summed E-state index contributed by atoms with van der Waals surface area (Å²) in [5.74, 6) is 0.729. The molecule has 21 heavy (non-hydrogen) atoms. The van der Waals surface area contributed by atoms with Gasteiger partial charge in [-0.2, -0.15) is 0 Å². The molecule has 0 aliphatic rings. The molecule has 118 valence electrons. The molecular weight excluding hydrogens is 268 g/mol. The summed E-state index contributed by atoms with van der Waals surface area (Å²) in [6.07, 6.45) is -0.446. The number of nitrogens with zero attached hydrogens (tertiary/aromatic N) is 1. The van der Waals surface area contributed by atoms with Crippen LogP contribution in [0, 0.1) is 0 Å². The largest absolute Gasteiger partial charge is 0.497 e. The SMILES string of the molecule is COc1cccc(CNC(=O)CN(CC(C)O)C(C)C)c1. The van der Waals surface area contributed by atoms with Crippen molar-refractivity contribution in [2.75, 3.05) is 20.2 Å². The number of benzene rings is 1. The van der Waals surface area contributed by atoms with Gasteiger partial charge in [-0.25, -0.2) is 0 Å². The number of ether oxygens (including phenoxy) is 1. The molecular formula is C16H26N2O3. The summed E-state index contributed by atoms with van der Waals surface area (Å²) in [6, 6.07) is 7.82. The normalized spacial score (nSPS) is 12.5. The molecule has 1 atom stereocenters. The van der Waals surface area contributed by atoms with Crippen LogP contribution >= 0.6 is 0 Å². The first kappa shape index (κ1) is 17.5. The third kappa shape index (κ3) is 6.60. The van der Waals surface area contributed by atoms with Crippen molar-refractivity contribution in [3.05, 3.63) is 29.8 Å². The molecule has 0 aliphatic carbocycles. The molecule has 2 N–H and O–H groups in total. The predicted molar refractivity (Wildman–Crippen MR) is 83.2 cm³/mol. The average Bonchev–Trinajstić information content (AvgIpc) is 2.44. The molecule has 5 nitrogen and oxygen atoms in total. The van der Waals surface area contributed by atoms with Crippen molar-refractivity contribution in [3.63, 3.8) is 0 Å². The molecule has 5 heteroatoms. The lowest BCUT2D eigenvalue weighted by molar-refractivity contribution is -0.123. The van der Waals surface area contributed by atoms with E-state index in [2.05, 4.69) is 5.32 Å². The Morgan fingerprint density at radius 1 is 1.38 bits per heavy atom. The molecule has 1 rings (SSSR count). The van der Waals surface area contributed by atoms with Gasteiger partial charge in [0.15, 0.2) is 0 Å². The maximum Gasteiger partial charge on any atom is 0.234 e. The number of methoxy groups -OCH3 is 1. The van der Waals surface area contributed by atoms with Crippen molar-refractivity contribution in [1.29, 1.82) is 0 Å². The van der Waals surface area contributed by atoms with Gasteiger partial charge in [-0.3, -0.25) is 9.69 Å². The van der Waals surface area contributed by atoms with Crippen molar-refractivity contribution in [2.45, 2.75) is 39.5 Å². The lowest BCUT2D eigenvalue weighted by Crippen LogP contribution is -2.43. The monoisotopic (exact) mass is 294 g/mol. The third-order valence-corrected chi connectivity index (χ3v) is 3.20. The van der Waals surface area contributed by atoms with Gasteiger partial charge >= 0.3 is 0 Å². The van der Waals surface area contributed by atoms with Crippen molar-refractivity contribution < 1.29 is 14.6 Å². The lowest BCUT2D eigenvalue weighted by Gasteiger charge is -2.26. The van der Waals surface area contributed by atoms with E-state index in [9.17, 15) is 9.90 Å². The minimum atomic E-state index is -0.446. The summed E-state index contributed by atoms with van der Waals surface area (Å²) in [5, 5.41) is 12.4. The van der Waals surface area contributed by atoms with Gasteiger partial charge in [-0.1, -0.05) is 12.1 Å². The zero-order valence-corrected chi connectivity index (χ0v) is 13.3. The first-order valence-electron chi connectivity index (χ1n) is 7.24. The Morgan fingerprint density at radius 2 is 2.10 bits per heavy atom. The number of rotatable bonds is 8. The number of aliphatic hydroxyl groups excluding tert-OH is 1. The molecule has 0 bridgehead atoms. The van der Waals surface area contributed by atoms with E-state index in [0.29, 0.717) is 13.1 Å². The lowest BCUT2D eigenvalue weighted by atomic mass is 10.2. The van der Waals surface area contributed by atoms with Gasteiger partial charge in [0.2, 0.25) is 5.91 Å². The second-order valence-electron chi connectivity index (χ2n) is 5.50. The zero-order chi connectivity index (χ0) is 15.8. The van der Waals surface area contributed by atoms with Gasteiger partial charge < -0.3 is 15.2 Å². The first-order chi connectivity index (χ1) is 9.92. The molecule has 1 amide bonds. The molecule has 1 aromatic carbocycles. The van der Waals surface area contributed by atoms with Crippen LogP contribution in [0.3, 0.4) is 0 Å². The van der Waals surface area contributed by atoms with Crippen LogP contribution in [0.4, 0.5) is 0 Å². The summed E-state index contributed by atoms with van der Waals surface area (Å²) in [6.45, 7) is 6.99. The van der Waals surface area contributed by atoms with Crippen LogP contribution in [0.2, 0.25) is 0 Å². The Hall–Kier alpha value is -1.59. The van der Waals surface area contributed by atoms with Crippen LogP contribution in [-0.4, -0.2) is 48.3 Å². The third-order valence-electron chi connectivity index (χ3n) is 3.20. The molecule has 0 radical (unpaired) electrons. The Balaban J connectivity index is 2.48. The second kappa shape index (κ2) is 8.64. The van der Waals surface area contributed by atoms with Crippen molar-refractivity contribution in [2.24, 2.45) is 0 Å². The molecule has 0 aliphatic heterocycles. The van der Waals surface area contributed by atoms with Crippen LogP contribution in [0.1, 0.15) is 26.3 Å². The Kier molecular flexibility index (Phi) is 7.19. The van der Waals surface area contributed by atoms with E-state index in [1.165, 1.54) is 0 Å². The van der Waals surface area contributed by atoms with Crippen LogP contribution in [0.5, 0.6) is 5.75 Å². The first-order valence-corrected chi connectivity index (χ1v) is 7.24. The van der Waals surface area contributed by atoms with Crippen LogP contribution in [-0.2, 0) is 11.3 Å². The summed E-state index contributed by atoms with van der Waals surface area (Å²) in [4.78, 5) is 14.0. The van der Waals surface area contributed by atoms with Crippen molar-refractivity contribution >= 4 is 5.91 Å². The van der Waals surface area contributed by atoms with E-state index in [1.807, 2.05) is 43.0 Å². The van der Waals surface area contributed by atoms with Crippen LogP contribution < -0.4 is 10.1 Å². The van der Waals surface area contributed by atoms with E-state index in [4.69, 9.17) is 4.74 Å². The molecule has 1 unspecified atom stereocenters. The smallest absolute Gasteiger partial charge is 0.234 e. The zero-order valence-electron chi connectivity index (χ0n) is 13.3. The standard InChI is InChI=1S/C16H26N2O3/c1-12(2)18(10-13(3)19)11-16(20)17-9-14-6-5-7-15(8-14)21-4/h5-8,12-13,19H,9-11H2,1-4H3,(H,17,20). The Bertz CT molecular complexity index is 447. The van der Waals surface area contributed by atoms with Crippen molar-refractivity contribution in [1.82, 2.24) is 10.2 Å². The fraction of sp³-hybridized carbons (Fsp3) is 0.562. The minimum absolute atomic E-state index is 0.0489. The minimum Gasteiger partial charge on any atom is -0.497 e. The van der Waals surface area contributed by atoms with Gasteiger partial charge in [-0.15, -0.1) is 0 Å². The van der Waals surface area contributed by atoms with Gasteiger partial charge in [-0.05, 0) is 38.5 Å². The highest BCUT2D eigenvalue weighted by molar-refractivity contribution is 5.78. The summed E-state index contributed by atoms with van der Waals surface area (Å²) in [5.41, 5.74) is 0.995. The van der Waals surface area contributed by atoms with Crippen molar-refractivity contribution in [3.8, 4) is 5.75 Å². The quantitative estimate of drug-likeness (QED) is 0.761. The average molecular weight is 294 g/mol. The molecule has 0 saturated heterocycles. The van der Waals surface area contributed by atoms with E-state index < -0.39 is 6.10 Å². The van der Waals surface area contributed by atoms with Crippen LogP contribution in [0.25, 0.3) is 0 Å². The maximum atomic E-state index is 12.0. The summed E-state index contributed by atoms with van der Waals surface area (Å²) < 4.78 is 5.15. The number of carbonyl (C=O) groups excluding carboxylic acids is 1. The molecule has 0 fully saturated rings. The Morgan fingerprint density at radius 3 is 2.67 bits per heavy atom. The fourth-order valence-electron chi connectivity index (χ4n) is 2.02. The molecule has 0 aromatic heterocycles. The summed E-state index contributed by atoms with van der Waals surface area (Å²) >= 11 is 0. The Labute approximate surface area is 126 Å². The second-order valence-corrected chi connectivity index (χ2v) is 5.50. The predicted octanol–water partition coefficient (Wildman–Crippen LogP) is 1.40. The number of amides is 1. The molecule has 1 aromatic rings. The number of aliphatic hydroxyl groups is 1. The number of hydrogen-bond acceptors (Lipinski definition) is 4. The van der Waals surface area contributed by atoms with Gasteiger partial charge in [0.25, 0.3) is 0 Å². The fourth-order valence-corrected chi connectivity index (χ4v) is 2.02.